The molecule has 1 saturated heterocycles. The van der Waals surface area contributed by atoms with Gasteiger partial charge in [-0.15, -0.1) is 0 Å². The zero-order chi connectivity index (χ0) is 23.2. The summed E-state index contributed by atoms with van der Waals surface area (Å²) in [4.78, 5) is 12.3. The lowest BCUT2D eigenvalue weighted by Gasteiger charge is -2.31. The molecule has 9 nitrogen and oxygen atoms in total. The first kappa shape index (κ1) is 23.8. The van der Waals surface area contributed by atoms with Crippen LogP contribution in [0.5, 0.6) is 5.75 Å². The maximum Gasteiger partial charge on any atom is 0.319 e. The van der Waals surface area contributed by atoms with E-state index in [-0.39, 0.29) is 18.0 Å². The number of urea groups is 1. The number of rotatable bonds is 8. The van der Waals surface area contributed by atoms with Crippen molar-refractivity contribution in [3.05, 3.63) is 48.0 Å². The van der Waals surface area contributed by atoms with Crippen molar-refractivity contribution in [1.82, 2.24) is 5.32 Å². The van der Waals surface area contributed by atoms with Gasteiger partial charge in [0.15, 0.2) is 0 Å². The van der Waals surface area contributed by atoms with Crippen molar-refractivity contribution in [3.8, 4) is 5.75 Å². The van der Waals surface area contributed by atoms with Crippen LogP contribution in [0.2, 0.25) is 0 Å². The average molecular weight is 464 g/mol. The molecule has 0 spiro atoms. The zero-order valence-corrected chi connectivity index (χ0v) is 19.0. The van der Waals surface area contributed by atoms with E-state index in [1.54, 1.807) is 43.3 Å². The number of aliphatic hydroxyl groups is 1. The lowest BCUT2D eigenvalue weighted by atomic mass is 9.93. The molecule has 32 heavy (non-hydrogen) atoms. The quantitative estimate of drug-likeness (QED) is 0.477. The Balaban J connectivity index is 1.65. The van der Waals surface area contributed by atoms with Gasteiger partial charge in [-0.05, 0) is 56.0 Å². The van der Waals surface area contributed by atoms with Crippen molar-refractivity contribution in [1.29, 1.82) is 0 Å². The Morgan fingerprint density at radius 1 is 1.25 bits per heavy atom. The van der Waals surface area contributed by atoms with Crippen LogP contribution in [-0.4, -0.2) is 52.0 Å². The molecule has 1 aliphatic rings. The normalized spacial score (nSPS) is 18.6. The summed E-state index contributed by atoms with van der Waals surface area (Å²) >= 11 is 0. The molecule has 1 atom stereocenters. The summed E-state index contributed by atoms with van der Waals surface area (Å²) in [6.45, 7) is 2.83. The smallest absolute Gasteiger partial charge is 0.319 e. The minimum atomic E-state index is -3.92. The van der Waals surface area contributed by atoms with E-state index in [1.165, 1.54) is 13.2 Å². The Morgan fingerprint density at radius 2 is 2.03 bits per heavy atom. The van der Waals surface area contributed by atoms with Gasteiger partial charge in [0.2, 0.25) is 0 Å². The maximum absolute atomic E-state index is 13.0. The van der Waals surface area contributed by atoms with Gasteiger partial charge < -0.3 is 25.2 Å². The van der Waals surface area contributed by atoms with E-state index in [0.29, 0.717) is 42.1 Å². The third-order valence-electron chi connectivity index (χ3n) is 5.26. The SMILES string of the molecule is COc1ccccc1NS(=O)(=O)c1cc(NC(=O)NCCC2(O)CCCOC2)ccc1C. The number of carbonyl (C=O) groups excluding carboxylic acids is 1. The number of aryl methyl sites for hydroxylation is 1. The van der Waals surface area contributed by atoms with Crippen molar-refractivity contribution in [3.63, 3.8) is 0 Å². The van der Waals surface area contributed by atoms with Crippen molar-refractivity contribution in [2.45, 2.75) is 36.7 Å². The number of benzene rings is 2. The summed E-state index contributed by atoms with van der Waals surface area (Å²) in [5.41, 5.74) is 0.238. The number of ether oxygens (including phenoxy) is 2. The van der Waals surface area contributed by atoms with E-state index in [9.17, 15) is 18.3 Å². The van der Waals surface area contributed by atoms with Crippen LogP contribution in [-0.2, 0) is 14.8 Å². The third kappa shape index (κ3) is 6.12. The van der Waals surface area contributed by atoms with Crippen LogP contribution >= 0.6 is 0 Å². The molecule has 0 aliphatic carbocycles. The highest BCUT2D eigenvalue weighted by atomic mass is 32.2. The van der Waals surface area contributed by atoms with E-state index in [4.69, 9.17) is 9.47 Å². The van der Waals surface area contributed by atoms with Crippen molar-refractivity contribution >= 4 is 27.4 Å². The monoisotopic (exact) mass is 463 g/mol. The molecule has 3 rings (SSSR count). The minimum Gasteiger partial charge on any atom is -0.495 e. The molecule has 1 fully saturated rings. The van der Waals surface area contributed by atoms with E-state index < -0.39 is 21.7 Å². The lowest BCUT2D eigenvalue weighted by molar-refractivity contribution is -0.0886. The fourth-order valence-electron chi connectivity index (χ4n) is 3.51. The summed E-state index contributed by atoms with van der Waals surface area (Å²) in [6.07, 6.45) is 1.79. The molecule has 1 unspecified atom stereocenters. The highest BCUT2D eigenvalue weighted by Crippen LogP contribution is 2.28. The van der Waals surface area contributed by atoms with Gasteiger partial charge in [0.1, 0.15) is 5.75 Å². The molecular weight excluding hydrogens is 434 g/mol. The van der Waals surface area contributed by atoms with Crippen LogP contribution in [0.25, 0.3) is 0 Å². The van der Waals surface area contributed by atoms with Crippen LogP contribution in [0.3, 0.4) is 0 Å². The van der Waals surface area contributed by atoms with Crippen LogP contribution in [0.1, 0.15) is 24.8 Å². The molecule has 1 aliphatic heterocycles. The van der Waals surface area contributed by atoms with Crippen molar-refractivity contribution in [2.24, 2.45) is 0 Å². The van der Waals surface area contributed by atoms with E-state index in [2.05, 4.69) is 15.4 Å². The number of anilines is 2. The number of para-hydroxylation sites is 2. The zero-order valence-electron chi connectivity index (χ0n) is 18.2. The molecule has 0 aromatic heterocycles. The molecule has 2 amide bonds. The van der Waals surface area contributed by atoms with E-state index >= 15 is 0 Å². The maximum atomic E-state index is 13.0. The molecule has 10 heteroatoms. The summed E-state index contributed by atoms with van der Waals surface area (Å²) in [5.74, 6) is 0.396. The minimum absolute atomic E-state index is 0.0369. The Morgan fingerprint density at radius 3 is 2.75 bits per heavy atom. The molecular formula is C22H29N3O6S. The Hall–Kier alpha value is -2.82. The Labute approximate surface area is 188 Å². The first-order valence-electron chi connectivity index (χ1n) is 10.3. The van der Waals surface area contributed by atoms with Gasteiger partial charge in [-0.1, -0.05) is 18.2 Å². The molecule has 1 heterocycles. The number of carbonyl (C=O) groups is 1. The van der Waals surface area contributed by atoms with Gasteiger partial charge in [-0.3, -0.25) is 4.72 Å². The highest BCUT2D eigenvalue weighted by Gasteiger charge is 2.29. The number of methoxy groups -OCH3 is 1. The second-order valence-corrected chi connectivity index (χ2v) is 9.45. The van der Waals surface area contributed by atoms with Crippen LogP contribution in [0, 0.1) is 6.92 Å². The van der Waals surface area contributed by atoms with Gasteiger partial charge in [-0.2, -0.15) is 0 Å². The highest BCUT2D eigenvalue weighted by molar-refractivity contribution is 7.92. The number of hydrogen-bond donors (Lipinski definition) is 4. The van der Waals surface area contributed by atoms with Gasteiger partial charge in [0.05, 0.1) is 29.9 Å². The second-order valence-electron chi connectivity index (χ2n) is 7.80. The van der Waals surface area contributed by atoms with E-state index in [1.807, 2.05) is 0 Å². The molecule has 0 bridgehead atoms. The summed E-state index contributed by atoms with van der Waals surface area (Å²) < 4.78 is 39.0. The number of hydrogen-bond acceptors (Lipinski definition) is 6. The van der Waals surface area contributed by atoms with Crippen LogP contribution in [0.15, 0.2) is 47.4 Å². The fourth-order valence-corrected chi connectivity index (χ4v) is 4.86. The lowest BCUT2D eigenvalue weighted by Crippen LogP contribution is -2.42. The fraction of sp³-hybridized carbons (Fsp3) is 0.409. The van der Waals surface area contributed by atoms with Crippen LogP contribution in [0.4, 0.5) is 16.2 Å². The Bertz CT molecular complexity index is 1050. The van der Waals surface area contributed by atoms with Gasteiger partial charge in [-0.25, -0.2) is 13.2 Å². The van der Waals surface area contributed by atoms with Gasteiger partial charge in [0.25, 0.3) is 10.0 Å². The number of sulfonamides is 1. The average Bonchev–Trinajstić information content (AvgIpc) is 2.75. The molecule has 174 valence electrons. The topological polar surface area (TPSA) is 126 Å². The number of nitrogens with one attached hydrogen (secondary N) is 3. The predicted molar refractivity (Wildman–Crippen MR) is 122 cm³/mol. The third-order valence-corrected chi connectivity index (χ3v) is 6.77. The molecule has 2 aromatic carbocycles. The van der Waals surface area contributed by atoms with Gasteiger partial charge >= 0.3 is 6.03 Å². The molecule has 4 N–H and O–H groups in total. The standard InChI is InChI=1S/C22H29N3O6S/c1-16-8-9-17(24-21(26)23-12-11-22(27)10-5-13-31-15-22)14-20(16)32(28,29)25-18-6-3-4-7-19(18)30-2/h3-4,6-9,14,25,27H,5,10-13,15H2,1-2H3,(H2,23,24,26). The van der Waals surface area contributed by atoms with Gasteiger partial charge in [0, 0.05) is 18.8 Å². The van der Waals surface area contributed by atoms with Crippen molar-refractivity contribution in [2.75, 3.05) is 36.9 Å². The molecule has 0 radical (unpaired) electrons. The summed E-state index contributed by atoms with van der Waals surface area (Å²) in [5, 5.41) is 15.7. The first-order valence-corrected chi connectivity index (χ1v) is 11.8. The second kappa shape index (κ2) is 10.2. The summed E-state index contributed by atoms with van der Waals surface area (Å²) in [7, 11) is -2.46. The summed E-state index contributed by atoms with van der Waals surface area (Å²) in [6, 6.07) is 10.9. The first-order chi connectivity index (χ1) is 15.2. The molecule has 2 aromatic rings. The van der Waals surface area contributed by atoms with Crippen molar-refractivity contribution < 1.29 is 27.8 Å². The largest absolute Gasteiger partial charge is 0.495 e. The van der Waals surface area contributed by atoms with Crippen LogP contribution < -0.4 is 20.1 Å². The Kier molecular flexibility index (Phi) is 7.60. The number of amides is 2. The van der Waals surface area contributed by atoms with E-state index in [0.717, 1.165) is 6.42 Å². The molecule has 0 saturated carbocycles. The predicted octanol–water partition coefficient (Wildman–Crippen LogP) is 2.86.